The van der Waals surface area contributed by atoms with Crippen LogP contribution in [0.2, 0.25) is 0 Å². The largest absolute Gasteiger partial charge is 0.325 e. The van der Waals surface area contributed by atoms with E-state index in [0.717, 1.165) is 16.3 Å². The molecule has 1 amide bonds. The molecule has 0 bridgehead atoms. The third-order valence-electron chi connectivity index (χ3n) is 3.87. The molecule has 0 aliphatic rings. The Labute approximate surface area is 149 Å². The van der Waals surface area contributed by atoms with Crippen molar-refractivity contribution < 1.29 is 4.79 Å². The lowest BCUT2D eigenvalue weighted by molar-refractivity contribution is -0.113. The third-order valence-corrected chi connectivity index (χ3v) is 4.82. The average Bonchev–Trinajstić information content (AvgIpc) is 2.54. The number of pyridine rings is 1. The minimum absolute atomic E-state index is 0.0115. The van der Waals surface area contributed by atoms with Crippen LogP contribution in [0, 0.1) is 6.92 Å². The highest BCUT2D eigenvalue weighted by molar-refractivity contribution is 7.99. The van der Waals surface area contributed by atoms with Gasteiger partial charge in [-0.15, -0.1) is 0 Å². The van der Waals surface area contributed by atoms with Gasteiger partial charge in [-0.25, -0.2) is 4.98 Å². The van der Waals surface area contributed by atoms with Gasteiger partial charge >= 0.3 is 0 Å². The molecule has 0 aliphatic carbocycles. The van der Waals surface area contributed by atoms with Gasteiger partial charge in [0.25, 0.3) is 0 Å². The summed E-state index contributed by atoms with van der Waals surface area (Å²) in [4.78, 5) is 16.8. The van der Waals surface area contributed by atoms with Crippen LogP contribution in [-0.2, 0) is 4.79 Å². The number of hydrogen-bond acceptors (Lipinski definition) is 3. The summed E-state index contributed by atoms with van der Waals surface area (Å²) in [6.45, 7) is 10.6. The van der Waals surface area contributed by atoms with Crippen molar-refractivity contribution in [3.8, 4) is 0 Å². The van der Waals surface area contributed by atoms with Crippen LogP contribution >= 0.6 is 11.8 Å². The minimum Gasteiger partial charge on any atom is -0.325 e. The number of hydrogen-bond donors (Lipinski definition) is 1. The zero-order valence-electron chi connectivity index (χ0n) is 15.1. The molecule has 0 radical (unpaired) electrons. The van der Waals surface area contributed by atoms with Gasteiger partial charge in [-0.2, -0.15) is 0 Å². The standard InChI is InChI=1S/C20H26N2OS/c1-13(2)16-7-6-8-17(14(3)4)20(16)22-18(23)12-24-19-10-9-15(5)11-21-19/h6-11,13-14H,12H2,1-5H3,(H,22,23). The number of para-hydroxylation sites is 1. The molecular formula is C20H26N2OS. The number of carbonyl (C=O) groups excluding carboxylic acids is 1. The monoisotopic (exact) mass is 342 g/mol. The van der Waals surface area contributed by atoms with Gasteiger partial charge < -0.3 is 5.32 Å². The Morgan fingerprint density at radius 1 is 1.08 bits per heavy atom. The van der Waals surface area contributed by atoms with Gasteiger partial charge in [-0.05, 0) is 41.5 Å². The molecule has 0 saturated carbocycles. The van der Waals surface area contributed by atoms with Crippen molar-refractivity contribution >= 4 is 23.4 Å². The van der Waals surface area contributed by atoms with E-state index in [9.17, 15) is 4.79 Å². The molecule has 4 heteroatoms. The summed E-state index contributed by atoms with van der Waals surface area (Å²) in [5.41, 5.74) is 4.47. The number of carbonyl (C=O) groups is 1. The predicted octanol–water partition coefficient (Wildman–Crippen LogP) is 5.37. The number of rotatable bonds is 6. The first-order valence-electron chi connectivity index (χ1n) is 8.36. The number of benzene rings is 1. The summed E-state index contributed by atoms with van der Waals surface area (Å²) < 4.78 is 0. The lowest BCUT2D eigenvalue weighted by Crippen LogP contribution is -2.17. The molecule has 1 heterocycles. The van der Waals surface area contributed by atoms with Gasteiger partial charge in [0.1, 0.15) is 0 Å². The Bertz CT molecular complexity index is 667. The van der Waals surface area contributed by atoms with Crippen molar-refractivity contribution in [2.24, 2.45) is 0 Å². The van der Waals surface area contributed by atoms with Gasteiger partial charge in [0.05, 0.1) is 10.8 Å². The van der Waals surface area contributed by atoms with E-state index < -0.39 is 0 Å². The summed E-state index contributed by atoms with van der Waals surface area (Å²) in [5, 5.41) is 4.01. The lowest BCUT2D eigenvalue weighted by Gasteiger charge is -2.20. The molecule has 0 unspecified atom stereocenters. The Balaban J connectivity index is 2.11. The SMILES string of the molecule is Cc1ccc(SCC(=O)Nc2c(C(C)C)cccc2C(C)C)nc1. The first-order valence-corrected chi connectivity index (χ1v) is 9.35. The number of thioether (sulfide) groups is 1. The fourth-order valence-electron chi connectivity index (χ4n) is 2.55. The van der Waals surface area contributed by atoms with Gasteiger partial charge in [-0.3, -0.25) is 4.79 Å². The van der Waals surface area contributed by atoms with Gasteiger partial charge in [0.2, 0.25) is 5.91 Å². The summed E-state index contributed by atoms with van der Waals surface area (Å²) in [5.74, 6) is 1.10. The summed E-state index contributed by atoms with van der Waals surface area (Å²) in [7, 11) is 0. The first-order chi connectivity index (χ1) is 11.4. The molecule has 1 aromatic carbocycles. The number of nitrogens with one attached hydrogen (secondary N) is 1. The van der Waals surface area contributed by atoms with Crippen molar-refractivity contribution in [3.05, 3.63) is 53.2 Å². The fraction of sp³-hybridized carbons (Fsp3) is 0.400. The lowest BCUT2D eigenvalue weighted by atomic mass is 9.92. The number of nitrogens with zero attached hydrogens (tertiary/aromatic N) is 1. The maximum atomic E-state index is 12.4. The normalized spacial score (nSPS) is 11.1. The van der Waals surface area contributed by atoms with Crippen LogP contribution in [0.3, 0.4) is 0 Å². The molecule has 2 rings (SSSR count). The smallest absolute Gasteiger partial charge is 0.234 e. The van der Waals surface area contributed by atoms with Crippen molar-refractivity contribution in [2.75, 3.05) is 11.1 Å². The molecule has 1 aromatic heterocycles. The molecule has 3 nitrogen and oxygen atoms in total. The third kappa shape index (κ3) is 4.84. The second kappa shape index (κ2) is 8.34. The quantitative estimate of drug-likeness (QED) is 0.718. The molecule has 1 N–H and O–H groups in total. The van der Waals surface area contributed by atoms with E-state index in [4.69, 9.17) is 0 Å². The molecule has 2 aromatic rings. The molecule has 0 fully saturated rings. The second-order valence-electron chi connectivity index (χ2n) is 6.63. The molecule has 0 aliphatic heterocycles. The Morgan fingerprint density at radius 2 is 1.71 bits per heavy atom. The minimum atomic E-state index is 0.0115. The number of aromatic nitrogens is 1. The van der Waals surface area contributed by atoms with E-state index in [1.807, 2.05) is 25.3 Å². The van der Waals surface area contributed by atoms with E-state index in [-0.39, 0.29) is 5.91 Å². The molecule has 0 saturated heterocycles. The van der Waals surface area contributed by atoms with Crippen LogP contribution in [0.25, 0.3) is 0 Å². The number of aryl methyl sites for hydroxylation is 1. The van der Waals surface area contributed by atoms with Gasteiger partial charge in [0, 0.05) is 11.9 Å². The van der Waals surface area contributed by atoms with Crippen molar-refractivity contribution in [1.82, 2.24) is 4.98 Å². The Kier molecular flexibility index (Phi) is 6.44. The first kappa shape index (κ1) is 18.5. The molecular weight excluding hydrogens is 316 g/mol. The zero-order valence-corrected chi connectivity index (χ0v) is 15.9. The van der Waals surface area contributed by atoms with Crippen molar-refractivity contribution in [3.63, 3.8) is 0 Å². The van der Waals surface area contributed by atoms with E-state index in [2.05, 4.69) is 56.2 Å². The maximum absolute atomic E-state index is 12.4. The molecule has 24 heavy (non-hydrogen) atoms. The van der Waals surface area contributed by atoms with Crippen LogP contribution in [0.5, 0.6) is 0 Å². The van der Waals surface area contributed by atoms with E-state index in [1.54, 1.807) is 0 Å². The number of anilines is 1. The van der Waals surface area contributed by atoms with Crippen molar-refractivity contribution in [1.29, 1.82) is 0 Å². The van der Waals surface area contributed by atoms with E-state index in [1.165, 1.54) is 22.9 Å². The van der Waals surface area contributed by atoms with Crippen LogP contribution in [0.4, 0.5) is 5.69 Å². The van der Waals surface area contributed by atoms with Crippen LogP contribution in [0.15, 0.2) is 41.6 Å². The summed E-state index contributed by atoms with van der Waals surface area (Å²) >= 11 is 1.46. The van der Waals surface area contributed by atoms with E-state index >= 15 is 0 Å². The predicted molar refractivity (Wildman–Crippen MR) is 103 cm³/mol. The van der Waals surface area contributed by atoms with Crippen molar-refractivity contribution in [2.45, 2.75) is 51.5 Å². The molecule has 0 spiro atoms. The summed E-state index contributed by atoms with van der Waals surface area (Å²) in [6, 6.07) is 10.2. The maximum Gasteiger partial charge on any atom is 0.234 e. The van der Waals surface area contributed by atoms with Gasteiger partial charge in [-0.1, -0.05) is 63.7 Å². The van der Waals surface area contributed by atoms with Crippen LogP contribution < -0.4 is 5.32 Å². The number of amides is 1. The second-order valence-corrected chi connectivity index (χ2v) is 7.63. The van der Waals surface area contributed by atoms with Crippen LogP contribution in [-0.4, -0.2) is 16.6 Å². The Morgan fingerprint density at radius 3 is 2.21 bits per heavy atom. The van der Waals surface area contributed by atoms with Gasteiger partial charge in [0.15, 0.2) is 0 Å². The Hall–Kier alpha value is -1.81. The highest BCUT2D eigenvalue weighted by atomic mass is 32.2. The average molecular weight is 343 g/mol. The highest BCUT2D eigenvalue weighted by Gasteiger charge is 2.16. The molecule has 128 valence electrons. The molecule has 0 atom stereocenters. The van der Waals surface area contributed by atoms with E-state index in [0.29, 0.717) is 17.6 Å². The zero-order chi connectivity index (χ0) is 17.7. The summed E-state index contributed by atoms with van der Waals surface area (Å²) in [6.07, 6.45) is 1.82. The van der Waals surface area contributed by atoms with Crippen LogP contribution in [0.1, 0.15) is 56.2 Å². The topological polar surface area (TPSA) is 42.0 Å². The fourth-order valence-corrected chi connectivity index (χ4v) is 3.19. The highest BCUT2D eigenvalue weighted by Crippen LogP contribution is 2.32.